The summed E-state index contributed by atoms with van der Waals surface area (Å²) in [5, 5.41) is 14.6. The molecule has 1 N–H and O–H groups in total. The summed E-state index contributed by atoms with van der Waals surface area (Å²) >= 11 is 0. The Morgan fingerprint density at radius 1 is 1.00 bits per heavy atom. The molecule has 1 fully saturated rings. The fourth-order valence-electron chi connectivity index (χ4n) is 3.41. The maximum absolute atomic E-state index is 9.96. The number of aliphatic hydroxyl groups excluding tert-OH is 1. The highest BCUT2D eigenvalue weighted by molar-refractivity contribution is 5.29. The molecule has 0 bridgehead atoms. The lowest BCUT2D eigenvalue weighted by atomic mass is 10.1. The normalized spacial score (nSPS) is 15.3. The van der Waals surface area contributed by atoms with Crippen molar-refractivity contribution in [2.45, 2.75) is 32.0 Å². The molecule has 0 saturated heterocycles. The van der Waals surface area contributed by atoms with Gasteiger partial charge in [-0.3, -0.25) is 4.90 Å². The minimum atomic E-state index is 0.166. The highest BCUT2D eigenvalue weighted by Crippen LogP contribution is 2.36. The number of hydrogen-bond acceptors (Lipinski definition) is 4. The number of aliphatic hydroxyl groups is 1. The molecule has 134 valence electrons. The molecule has 5 heteroatoms. The van der Waals surface area contributed by atoms with Gasteiger partial charge >= 0.3 is 0 Å². The van der Waals surface area contributed by atoms with Gasteiger partial charge in [0.15, 0.2) is 5.82 Å². The lowest BCUT2D eigenvalue weighted by molar-refractivity contribution is 0.0922. The van der Waals surface area contributed by atoms with Crippen LogP contribution in [0.4, 0.5) is 0 Å². The molecular weight excluding hydrogens is 324 g/mol. The van der Waals surface area contributed by atoms with Gasteiger partial charge in [-0.05, 0) is 36.5 Å². The Bertz CT molecular complexity index is 814. The average Bonchev–Trinajstić information content (AvgIpc) is 3.41. The highest BCUT2D eigenvalue weighted by Gasteiger charge is 2.35. The summed E-state index contributed by atoms with van der Waals surface area (Å²) in [6, 6.07) is 20.6. The van der Waals surface area contributed by atoms with Gasteiger partial charge in [-0.1, -0.05) is 48.5 Å². The van der Waals surface area contributed by atoms with Crippen molar-refractivity contribution >= 4 is 0 Å². The summed E-state index contributed by atoms with van der Waals surface area (Å²) in [5.74, 6) is 1.36. The van der Waals surface area contributed by atoms with E-state index in [0.717, 1.165) is 18.1 Å². The first-order chi connectivity index (χ1) is 12.8. The first-order valence-corrected chi connectivity index (χ1v) is 9.18. The molecule has 5 nitrogen and oxygen atoms in total. The zero-order valence-corrected chi connectivity index (χ0v) is 14.8. The fraction of sp³-hybridized carbons (Fsp3) is 0.333. The molecule has 1 aliphatic rings. The Kier molecular flexibility index (Phi) is 5.09. The topological polar surface area (TPSA) is 54.2 Å². The minimum Gasteiger partial charge on any atom is -0.395 e. The van der Waals surface area contributed by atoms with Crippen LogP contribution in [0.15, 0.2) is 67.0 Å². The molecule has 0 amide bonds. The highest BCUT2D eigenvalue weighted by atomic mass is 16.3. The van der Waals surface area contributed by atoms with Crippen LogP contribution in [0.1, 0.15) is 24.2 Å². The molecule has 1 heterocycles. The first kappa shape index (κ1) is 16.9. The predicted molar refractivity (Wildman–Crippen MR) is 101 cm³/mol. The fourth-order valence-corrected chi connectivity index (χ4v) is 3.41. The maximum Gasteiger partial charge on any atom is 0.165 e. The molecule has 0 spiro atoms. The Hall–Kier alpha value is -2.50. The third kappa shape index (κ3) is 4.00. The van der Waals surface area contributed by atoms with E-state index < -0.39 is 0 Å². The van der Waals surface area contributed by atoms with Crippen LogP contribution in [0.3, 0.4) is 0 Å². The zero-order valence-electron chi connectivity index (χ0n) is 14.8. The monoisotopic (exact) mass is 348 g/mol. The third-order valence-corrected chi connectivity index (χ3v) is 4.96. The first-order valence-electron chi connectivity index (χ1n) is 9.18. The zero-order chi connectivity index (χ0) is 17.8. The van der Waals surface area contributed by atoms with Crippen LogP contribution in [0.25, 0.3) is 5.69 Å². The molecule has 1 aromatic heterocycles. The van der Waals surface area contributed by atoms with Crippen LogP contribution in [-0.4, -0.2) is 37.4 Å². The summed E-state index contributed by atoms with van der Waals surface area (Å²) in [7, 11) is 0. The van der Waals surface area contributed by atoms with Crippen molar-refractivity contribution in [1.29, 1.82) is 0 Å². The van der Waals surface area contributed by atoms with Gasteiger partial charge in [-0.15, -0.1) is 5.10 Å². The lowest BCUT2D eigenvalue weighted by Gasteiger charge is -2.29. The van der Waals surface area contributed by atoms with Gasteiger partial charge in [0, 0.05) is 12.6 Å². The molecule has 1 saturated carbocycles. The second-order valence-corrected chi connectivity index (χ2v) is 6.92. The van der Waals surface area contributed by atoms with E-state index in [1.54, 1.807) is 11.0 Å². The van der Waals surface area contributed by atoms with E-state index in [4.69, 9.17) is 0 Å². The quantitative estimate of drug-likeness (QED) is 0.680. The Labute approximate surface area is 153 Å². The second kappa shape index (κ2) is 7.81. The number of aromatic nitrogens is 3. The molecular formula is C21H24N4O. The van der Waals surface area contributed by atoms with Crippen molar-refractivity contribution in [2.75, 3.05) is 6.61 Å². The SMILES string of the molecule is OCC(C1CC1)N(Cc1ccccc1)Cc1ncn(-c2ccccc2)n1. The van der Waals surface area contributed by atoms with Crippen molar-refractivity contribution in [3.8, 4) is 5.69 Å². The maximum atomic E-state index is 9.96. The minimum absolute atomic E-state index is 0.166. The van der Waals surface area contributed by atoms with Gasteiger partial charge in [-0.2, -0.15) is 0 Å². The summed E-state index contributed by atoms with van der Waals surface area (Å²) in [4.78, 5) is 6.82. The van der Waals surface area contributed by atoms with Crippen molar-refractivity contribution in [3.05, 3.63) is 78.4 Å². The number of rotatable bonds is 8. The predicted octanol–water partition coefficient (Wildman–Crippen LogP) is 3.04. The van der Waals surface area contributed by atoms with Crippen LogP contribution < -0.4 is 0 Å². The molecule has 3 aromatic rings. The summed E-state index contributed by atoms with van der Waals surface area (Å²) < 4.78 is 1.81. The van der Waals surface area contributed by atoms with E-state index in [-0.39, 0.29) is 12.6 Å². The summed E-state index contributed by atoms with van der Waals surface area (Å²) in [6.45, 7) is 1.61. The molecule has 1 atom stereocenters. The van der Waals surface area contributed by atoms with Crippen LogP contribution >= 0.6 is 0 Å². The van der Waals surface area contributed by atoms with Crippen LogP contribution in [0, 0.1) is 5.92 Å². The number of benzene rings is 2. The smallest absolute Gasteiger partial charge is 0.165 e. The van der Waals surface area contributed by atoms with E-state index >= 15 is 0 Å². The van der Waals surface area contributed by atoms with Gasteiger partial charge in [0.25, 0.3) is 0 Å². The molecule has 4 rings (SSSR count). The Morgan fingerprint density at radius 3 is 2.35 bits per heavy atom. The number of hydrogen-bond donors (Lipinski definition) is 1. The van der Waals surface area contributed by atoms with Gasteiger partial charge in [-0.25, -0.2) is 9.67 Å². The number of nitrogens with zero attached hydrogens (tertiary/aromatic N) is 4. The largest absolute Gasteiger partial charge is 0.395 e. The van der Waals surface area contributed by atoms with Gasteiger partial charge in [0.1, 0.15) is 6.33 Å². The third-order valence-electron chi connectivity index (χ3n) is 4.96. The van der Waals surface area contributed by atoms with Crippen LogP contribution in [0.2, 0.25) is 0 Å². The molecule has 2 aromatic carbocycles. The lowest BCUT2D eigenvalue weighted by Crippen LogP contribution is -2.39. The van der Waals surface area contributed by atoms with Crippen LogP contribution in [0.5, 0.6) is 0 Å². The Balaban J connectivity index is 1.53. The van der Waals surface area contributed by atoms with Crippen LogP contribution in [-0.2, 0) is 13.1 Å². The van der Waals surface area contributed by atoms with E-state index in [1.165, 1.54) is 18.4 Å². The van der Waals surface area contributed by atoms with E-state index in [0.29, 0.717) is 12.5 Å². The molecule has 1 unspecified atom stereocenters. The van der Waals surface area contributed by atoms with Crippen molar-refractivity contribution < 1.29 is 5.11 Å². The second-order valence-electron chi connectivity index (χ2n) is 6.92. The molecule has 26 heavy (non-hydrogen) atoms. The molecule has 1 aliphatic carbocycles. The van der Waals surface area contributed by atoms with Gasteiger partial charge < -0.3 is 5.11 Å². The molecule has 0 aliphatic heterocycles. The summed E-state index contributed by atoms with van der Waals surface area (Å²) in [6.07, 6.45) is 4.15. The van der Waals surface area contributed by atoms with E-state index in [2.05, 4.69) is 39.2 Å². The standard InChI is InChI=1S/C21H24N4O/c26-15-20(18-11-12-18)24(13-17-7-3-1-4-8-17)14-21-22-16-25(23-21)19-9-5-2-6-10-19/h1-10,16,18,20,26H,11-15H2. The van der Waals surface area contributed by atoms with Crippen molar-refractivity contribution in [1.82, 2.24) is 19.7 Å². The van der Waals surface area contributed by atoms with Crippen molar-refractivity contribution in [2.24, 2.45) is 5.92 Å². The summed E-state index contributed by atoms with van der Waals surface area (Å²) in [5.41, 5.74) is 2.25. The van der Waals surface area contributed by atoms with Gasteiger partial charge in [0.2, 0.25) is 0 Å². The van der Waals surface area contributed by atoms with Crippen molar-refractivity contribution in [3.63, 3.8) is 0 Å². The average molecular weight is 348 g/mol. The molecule has 0 radical (unpaired) electrons. The van der Waals surface area contributed by atoms with E-state index in [9.17, 15) is 5.11 Å². The van der Waals surface area contributed by atoms with E-state index in [1.807, 2.05) is 36.4 Å². The number of para-hydroxylation sites is 1. The van der Waals surface area contributed by atoms with Gasteiger partial charge in [0.05, 0.1) is 18.8 Å². The Morgan fingerprint density at radius 2 is 1.69 bits per heavy atom.